The Balaban J connectivity index is 1.47. The summed E-state index contributed by atoms with van der Waals surface area (Å²) in [6.07, 6.45) is 1.58. The van der Waals surface area contributed by atoms with E-state index in [1.807, 2.05) is 19.1 Å². The van der Waals surface area contributed by atoms with Gasteiger partial charge >= 0.3 is 0 Å². The molecule has 0 saturated carbocycles. The van der Waals surface area contributed by atoms with Crippen LogP contribution in [0.15, 0.2) is 54.7 Å². The Morgan fingerprint density at radius 3 is 2.55 bits per heavy atom. The van der Waals surface area contributed by atoms with Crippen molar-refractivity contribution in [1.82, 2.24) is 14.7 Å². The van der Waals surface area contributed by atoms with Crippen LogP contribution in [0.5, 0.6) is 0 Å². The molecule has 6 nitrogen and oxygen atoms in total. The lowest BCUT2D eigenvalue weighted by Gasteiger charge is -2.34. The van der Waals surface area contributed by atoms with E-state index in [-0.39, 0.29) is 11.6 Å². The van der Waals surface area contributed by atoms with Crippen LogP contribution in [-0.4, -0.2) is 53.8 Å². The number of carbonyl (C=O) groups excluding carboxylic acids is 1. The van der Waals surface area contributed by atoms with Gasteiger partial charge in [-0.15, -0.1) is 0 Å². The molecule has 2 aromatic carbocycles. The number of aryl methyl sites for hydroxylation is 1. The number of amides is 1. The fraction of sp³-hybridized carbons (Fsp3) is 0.273. The highest BCUT2D eigenvalue weighted by molar-refractivity contribution is 6.03. The fourth-order valence-electron chi connectivity index (χ4n) is 3.45. The Kier molecular flexibility index (Phi) is 5.31. The largest absolute Gasteiger partial charge is 0.369 e. The number of aromatic nitrogens is 2. The first-order valence-corrected chi connectivity index (χ1v) is 9.67. The predicted octanol–water partition coefficient (Wildman–Crippen LogP) is 3.32. The van der Waals surface area contributed by atoms with E-state index in [1.165, 1.54) is 10.7 Å². The number of piperazine rings is 1. The Hall–Kier alpha value is -3.19. The van der Waals surface area contributed by atoms with Gasteiger partial charge in [0.1, 0.15) is 11.5 Å². The molecule has 1 aliphatic rings. The van der Waals surface area contributed by atoms with E-state index < -0.39 is 5.82 Å². The molecular formula is C22H24FN5O. The third kappa shape index (κ3) is 4.14. The average molecular weight is 393 g/mol. The lowest BCUT2D eigenvalue weighted by molar-refractivity contribution is 0.102. The second kappa shape index (κ2) is 8.05. The molecule has 0 spiro atoms. The summed E-state index contributed by atoms with van der Waals surface area (Å²) >= 11 is 0. The molecule has 1 fully saturated rings. The standard InChI is InChI=1S/C22H24FN5O/c1-16-15-17(27-13-11-26(2)12-14-27)7-8-19(16)24-22(29)20-9-10-28(25-20)21-6-4-3-5-18(21)23/h3-10,15H,11-14H2,1-2H3,(H,24,29). The zero-order chi connectivity index (χ0) is 20.4. The highest BCUT2D eigenvalue weighted by Gasteiger charge is 2.16. The molecule has 7 heteroatoms. The van der Waals surface area contributed by atoms with E-state index in [0.29, 0.717) is 5.69 Å². The zero-order valence-corrected chi connectivity index (χ0v) is 16.6. The van der Waals surface area contributed by atoms with E-state index in [1.54, 1.807) is 30.5 Å². The van der Waals surface area contributed by atoms with Crippen molar-refractivity contribution in [3.63, 3.8) is 0 Å². The topological polar surface area (TPSA) is 53.4 Å². The van der Waals surface area contributed by atoms with Crippen LogP contribution < -0.4 is 10.2 Å². The van der Waals surface area contributed by atoms with Gasteiger partial charge in [0.2, 0.25) is 0 Å². The van der Waals surface area contributed by atoms with Crippen molar-refractivity contribution >= 4 is 17.3 Å². The summed E-state index contributed by atoms with van der Waals surface area (Å²) in [6, 6.07) is 14.0. The molecule has 1 N–H and O–H groups in total. The highest BCUT2D eigenvalue weighted by Crippen LogP contribution is 2.24. The molecule has 29 heavy (non-hydrogen) atoms. The van der Waals surface area contributed by atoms with Crippen molar-refractivity contribution in [2.24, 2.45) is 0 Å². The third-order valence-corrected chi connectivity index (χ3v) is 5.25. The van der Waals surface area contributed by atoms with Crippen LogP contribution >= 0.6 is 0 Å². The fourth-order valence-corrected chi connectivity index (χ4v) is 3.45. The summed E-state index contributed by atoms with van der Waals surface area (Å²) in [5.74, 6) is -0.714. The molecule has 1 aliphatic heterocycles. The van der Waals surface area contributed by atoms with Crippen LogP contribution in [-0.2, 0) is 0 Å². The van der Waals surface area contributed by atoms with E-state index in [9.17, 15) is 9.18 Å². The molecule has 1 saturated heterocycles. The summed E-state index contributed by atoms with van der Waals surface area (Å²) in [4.78, 5) is 17.3. The molecular weight excluding hydrogens is 369 g/mol. The second-order valence-electron chi connectivity index (χ2n) is 7.34. The Morgan fingerprint density at radius 2 is 1.83 bits per heavy atom. The highest BCUT2D eigenvalue weighted by atomic mass is 19.1. The number of para-hydroxylation sites is 1. The molecule has 2 heterocycles. The third-order valence-electron chi connectivity index (χ3n) is 5.25. The van der Waals surface area contributed by atoms with Crippen LogP contribution in [0, 0.1) is 12.7 Å². The first-order valence-electron chi connectivity index (χ1n) is 9.67. The minimum Gasteiger partial charge on any atom is -0.369 e. The number of likely N-dealkylation sites (N-methyl/N-ethyl adjacent to an activating group) is 1. The molecule has 0 unspecified atom stereocenters. The Morgan fingerprint density at radius 1 is 1.07 bits per heavy atom. The molecule has 0 atom stereocenters. The van der Waals surface area contributed by atoms with E-state index in [0.717, 1.165) is 43.1 Å². The zero-order valence-electron chi connectivity index (χ0n) is 16.6. The Bertz CT molecular complexity index is 1020. The number of anilines is 2. The summed E-state index contributed by atoms with van der Waals surface area (Å²) in [5.41, 5.74) is 3.43. The maximum atomic E-state index is 13.9. The molecule has 0 aliphatic carbocycles. The van der Waals surface area contributed by atoms with Crippen molar-refractivity contribution in [1.29, 1.82) is 0 Å². The summed E-state index contributed by atoms with van der Waals surface area (Å²) in [7, 11) is 2.13. The van der Waals surface area contributed by atoms with Crippen molar-refractivity contribution in [2.45, 2.75) is 6.92 Å². The van der Waals surface area contributed by atoms with Crippen LogP contribution in [0.3, 0.4) is 0 Å². The predicted molar refractivity (Wildman–Crippen MR) is 112 cm³/mol. The summed E-state index contributed by atoms with van der Waals surface area (Å²) in [5, 5.41) is 7.12. The molecule has 1 aromatic heterocycles. The van der Waals surface area contributed by atoms with Gasteiger partial charge in [-0.1, -0.05) is 12.1 Å². The number of rotatable bonds is 4. The number of nitrogens with one attached hydrogen (secondary N) is 1. The van der Waals surface area contributed by atoms with Crippen molar-refractivity contribution in [3.05, 3.63) is 71.8 Å². The number of benzene rings is 2. The van der Waals surface area contributed by atoms with Gasteiger partial charge in [0.05, 0.1) is 0 Å². The quantitative estimate of drug-likeness (QED) is 0.739. The number of nitrogens with zero attached hydrogens (tertiary/aromatic N) is 4. The minimum absolute atomic E-state index is 0.232. The van der Waals surface area contributed by atoms with Gasteiger partial charge in [0, 0.05) is 43.8 Å². The molecule has 150 valence electrons. The second-order valence-corrected chi connectivity index (χ2v) is 7.34. The van der Waals surface area contributed by atoms with Gasteiger partial charge in [0.25, 0.3) is 5.91 Å². The van der Waals surface area contributed by atoms with Gasteiger partial charge < -0.3 is 15.1 Å². The van der Waals surface area contributed by atoms with Gasteiger partial charge in [0.15, 0.2) is 5.69 Å². The lowest BCUT2D eigenvalue weighted by Crippen LogP contribution is -2.44. The molecule has 0 bridgehead atoms. The normalized spacial score (nSPS) is 14.8. The van der Waals surface area contributed by atoms with Crippen LogP contribution in [0.1, 0.15) is 16.1 Å². The number of halogens is 1. The molecule has 4 rings (SSSR count). The van der Waals surface area contributed by atoms with E-state index in [4.69, 9.17) is 0 Å². The van der Waals surface area contributed by atoms with Crippen LogP contribution in [0.4, 0.5) is 15.8 Å². The number of carbonyl (C=O) groups is 1. The van der Waals surface area contributed by atoms with Crippen molar-refractivity contribution in [2.75, 3.05) is 43.4 Å². The van der Waals surface area contributed by atoms with Gasteiger partial charge in [-0.3, -0.25) is 4.79 Å². The van der Waals surface area contributed by atoms with Crippen LogP contribution in [0.25, 0.3) is 5.69 Å². The monoisotopic (exact) mass is 393 g/mol. The smallest absolute Gasteiger partial charge is 0.276 e. The van der Waals surface area contributed by atoms with Crippen molar-refractivity contribution < 1.29 is 9.18 Å². The van der Waals surface area contributed by atoms with Gasteiger partial charge in [-0.2, -0.15) is 5.10 Å². The van der Waals surface area contributed by atoms with Crippen LogP contribution in [0.2, 0.25) is 0 Å². The minimum atomic E-state index is -0.391. The average Bonchev–Trinajstić information content (AvgIpc) is 3.20. The molecule has 3 aromatic rings. The first kappa shape index (κ1) is 19.1. The van der Waals surface area contributed by atoms with E-state index >= 15 is 0 Å². The van der Waals surface area contributed by atoms with E-state index in [2.05, 4.69) is 33.3 Å². The number of hydrogen-bond acceptors (Lipinski definition) is 4. The van der Waals surface area contributed by atoms with Gasteiger partial charge in [-0.25, -0.2) is 9.07 Å². The first-order chi connectivity index (χ1) is 14.0. The lowest BCUT2D eigenvalue weighted by atomic mass is 10.1. The SMILES string of the molecule is Cc1cc(N2CCN(C)CC2)ccc1NC(=O)c1ccn(-c2ccccc2F)n1. The summed E-state index contributed by atoms with van der Waals surface area (Å²) in [6.45, 7) is 6.06. The van der Waals surface area contributed by atoms with Gasteiger partial charge in [-0.05, 0) is 55.9 Å². The molecule has 0 radical (unpaired) electrons. The Labute approximate surface area is 169 Å². The maximum absolute atomic E-state index is 13.9. The maximum Gasteiger partial charge on any atom is 0.276 e. The van der Waals surface area contributed by atoms with Crippen molar-refractivity contribution in [3.8, 4) is 5.69 Å². The summed E-state index contributed by atoms with van der Waals surface area (Å²) < 4.78 is 15.3. The number of hydrogen-bond donors (Lipinski definition) is 1. The molecule has 1 amide bonds.